The quantitative estimate of drug-likeness (QED) is 0.751. The summed E-state index contributed by atoms with van der Waals surface area (Å²) < 4.78 is 5.30. The molecule has 1 saturated carbocycles. The Balaban J connectivity index is 1.64. The SMILES string of the molecule is C[C@@H](OC(=O)c1ccc2c(c1)NC(=O)CCS2)C(=O)NC1(C#N)CCCCC1. The number of hydrogen-bond acceptors (Lipinski definition) is 6. The first-order valence-corrected chi connectivity index (χ1v) is 10.4. The van der Waals surface area contributed by atoms with E-state index in [4.69, 9.17) is 4.74 Å². The average Bonchev–Trinajstić information content (AvgIpc) is 2.88. The van der Waals surface area contributed by atoms with Gasteiger partial charge < -0.3 is 15.4 Å². The van der Waals surface area contributed by atoms with E-state index in [-0.39, 0.29) is 11.5 Å². The molecule has 8 heteroatoms. The van der Waals surface area contributed by atoms with Crippen LogP contribution in [0.5, 0.6) is 0 Å². The standard InChI is InChI=1S/C20H23N3O4S/c1-13(18(25)23-20(12-21)8-3-2-4-9-20)27-19(26)14-5-6-16-15(11-14)22-17(24)7-10-28-16/h5-6,11,13H,2-4,7-10H2,1H3,(H,22,24)(H,23,25)/t13-/m1/s1. The number of anilines is 1. The molecule has 7 nitrogen and oxygen atoms in total. The summed E-state index contributed by atoms with van der Waals surface area (Å²) in [6.07, 6.45) is 3.44. The maximum atomic E-state index is 12.5. The molecule has 28 heavy (non-hydrogen) atoms. The van der Waals surface area contributed by atoms with Crippen molar-refractivity contribution in [1.82, 2.24) is 5.32 Å². The molecule has 2 N–H and O–H groups in total. The lowest BCUT2D eigenvalue weighted by atomic mass is 9.83. The molecule has 2 aliphatic rings. The number of fused-ring (bicyclic) bond motifs is 1. The monoisotopic (exact) mass is 401 g/mol. The lowest BCUT2D eigenvalue weighted by Crippen LogP contribution is -2.52. The predicted octanol–water partition coefficient (Wildman–Crippen LogP) is 3.01. The summed E-state index contributed by atoms with van der Waals surface area (Å²) in [5.41, 5.74) is -0.0414. The van der Waals surface area contributed by atoms with Crippen molar-refractivity contribution in [3.63, 3.8) is 0 Å². The van der Waals surface area contributed by atoms with Crippen LogP contribution in [0.2, 0.25) is 0 Å². The molecule has 148 valence electrons. The van der Waals surface area contributed by atoms with Crippen LogP contribution in [0.1, 0.15) is 55.8 Å². The van der Waals surface area contributed by atoms with Crippen molar-refractivity contribution in [2.75, 3.05) is 11.1 Å². The number of nitrogens with one attached hydrogen (secondary N) is 2. The van der Waals surface area contributed by atoms with Crippen molar-refractivity contribution in [2.24, 2.45) is 0 Å². The minimum atomic E-state index is -1.03. The maximum absolute atomic E-state index is 12.5. The minimum absolute atomic E-state index is 0.0983. The number of thioether (sulfide) groups is 1. The molecule has 1 heterocycles. The number of nitriles is 1. The summed E-state index contributed by atoms with van der Waals surface area (Å²) >= 11 is 1.54. The highest BCUT2D eigenvalue weighted by molar-refractivity contribution is 7.99. The molecule has 2 amide bonds. The first-order chi connectivity index (χ1) is 13.4. The van der Waals surface area contributed by atoms with Crippen LogP contribution in [-0.4, -0.2) is 35.2 Å². The van der Waals surface area contributed by atoms with E-state index >= 15 is 0 Å². The molecule has 1 atom stereocenters. The molecule has 0 radical (unpaired) electrons. The zero-order chi connectivity index (χ0) is 20.1. The number of nitrogens with zero attached hydrogens (tertiary/aromatic N) is 1. The molecule has 1 aliphatic carbocycles. The Kier molecular flexibility index (Phi) is 6.25. The maximum Gasteiger partial charge on any atom is 0.338 e. The van der Waals surface area contributed by atoms with Gasteiger partial charge in [-0.25, -0.2) is 4.79 Å². The second-order valence-corrected chi connectivity index (χ2v) is 8.29. The third-order valence-electron chi connectivity index (χ3n) is 5.01. The third kappa shape index (κ3) is 4.65. The number of esters is 1. The first-order valence-electron chi connectivity index (χ1n) is 9.43. The molecule has 1 fully saturated rings. The van der Waals surface area contributed by atoms with Crippen LogP contribution < -0.4 is 10.6 Å². The first kappa shape index (κ1) is 20.2. The molecule has 0 spiro atoms. The molecule has 0 bridgehead atoms. The summed E-state index contributed by atoms with van der Waals surface area (Å²) in [5.74, 6) is -0.543. The fourth-order valence-electron chi connectivity index (χ4n) is 3.39. The molecule has 1 aromatic rings. The van der Waals surface area contributed by atoms with Crippen LogP contribution in [0, 0.1) is 11.3 Å². The number of ether oxygens (including phenoxy) is 1. The van der Waals surface area contributed by atoms with Crippen molar-refractivity contribution in [1.29, 1.82) is 5.26 Å². The van der Waals surface area contributed by atoms with Gasteiger partial charge in [0.25, 0.3) is 5.91 Å². The fraction of sp³-hybridized carbons (Fsp3) is 0.500. The van der Waals surface area contributed by atoms with Crippen molar-refractivity contribution in [2.45, 2.75) is 62.0 Å². The number of hydrogen-bond donors (Lipinski definition) is 2. The summed E-state index contributed by atoms with van der Waals surface area (Å²) in [7, 11) is 0. The lowest BCUT2D eigenvalue weighted by molar-refractivity contribution is -0.130. The van der Waals surface area contributed by atoms with E-state index in [0.29, 0.717) is 30.7 Å². The zero-order valence-electron chi connectivity index (χ0n) is 15.7. The van der Waals surface area contributed by atoms with Gasteiger partial charge in [-0.1, -0.05) is 19.3 Å². The van der Waals surface area contributed by atoms with Crippen molar-refractivity contribution in [3.05, 3.63) is 23.8 Å². The van der Waals surface area contributed by atoms with Gasteiger partial charge in [0.2, 0.25) is 5.91 Å². The van der Waals surface area contributed by atoms with E-state index in [9.17, 15) is 19.6 Å². The van der Waals surface area contributed by atoms with Gasteiger partial charge in [0, 0.05) is 17.1 Å². The molecule has 1 aromatic carbocycles. The van der Waals surface area contributed by atoms with E-state index in [1.807, 2.05) is 0 Å². The summed E-state index contributed by atoms with van der Waals surface area (Å²) in [6, 6.07) is 7.17. The third-order valence-corrected chi connectivity index (χ3v) is 6.09. The van der Waals surface area contributed by atoms with Gasteiger partial charge in [-0.05, 0) is 38.0 Å². The Hall–Kier alpha value is -2.53. The van der Waals surface area contributed by atoms with E-state index < -0.39 is 23.5 Å². The Morgan fingerprint density at radius 1 is 1.32 bits per heavy atom. The zero-order valence-corrected chi connectivity index (χ0v) is 16.6. The van der Waals surface area contributed by atoms with Crippen molar-refractivity contribution >= 4 is 35.2 Å². The smallest absolute Gasteiger partial charge is 0.338 e. The van der Waals surface area contributed by atoms with Crippen LogP contribution in [0.3, 0.4) is 0 Å². The van der Waals surface area contributed by atoms with Gasteiger partial charge in [0.05, 0.1) is 17.3 Å². The summed E-state index contributed by atoms with van der Waals surface area (Å²) in [5, 5.41) is 15.0. The number of carbonyl (C=O) groups excluding carboxylic acids is 3. The van der Waals surface area contributed by atoms with Crippen LogP contribution in [0.25, 0.3) is 0 Å². The second kappa shape index (κ2) is 8.65. The molecular formula is C20H23N3O4S. The normalized spacial score (nSPS) is 19.2. The van der Waals surface area contributed by atoms with Gasteiger partial charge in [-0.15, -0.1) is 11.8 Å². The molecule has 0 saturated heterocycles. The highest BCUT2D eigenvalue weighted by atomic mass is 32.2. The predicted molar refractivity (Wildman–Crippen MR) is 105 cm³/mol. The summed E-state index contributed by atoms with van der Waals surface area (Å²) in [4.78, 5) is 37.5. The van der Waals surface area contributed by atoms with Gasteiger partial charge >= 0.3 is 5.97 Å². The Bertz CT molecular complexity index is 827. The van der Waals surface area contributed by atoms with Crippen molar-refractivity contribution in [3.8, 4) is 6.07 Å². The fourth-order valence-corrected chi connectivity index (χ4v) is 4.32. The number of carbonyl (C=O) groups is 3. The molecule has 3 rings (SSSR count). The number of rotatable bonds is 4. The highest BCUT2D eigenvalue weighted by Crippen LogP contribution is 2.32. The summed E-state index contributed by atoms with van der Waals surface area (Å²) in [6.45, 7) is 1.49. The van der Waals surface area contributed by atoms with Crippen LogP contribution in [0.15, 0.2) is 23.1 Å². The van der Waals surface area contributed by atoms with Gasteiger partial charge in [-0.2, -0.15) is 5.26 Å². The molecule has 0 aromatic heterocycles. The Morgan fingerprint density at radius 3 is 2.79 bits per heavy atom. The molecule has 0 unspecified atom stereocenters. The van der Waals surface area contributed by atoms with Crippen molar-refractivity contribution < 1.29 is 19.1 Å². The second-order valence-electron chi connectivity index (χ2n) is 7.15. The van der Waals surface area contributed by atoms with Gasteiger partial charge in [-0.3, -0.25) is 9.59 Å². The lowest BCUT2D eigenvalue weighted by Gasteiger charge is -2.32. The van der Waals surface area contributed by atoms with E-state index in [2.05, 4.69) is 16.7 Å². The Labute approximate surface area is 168 Å². The highest BCUT2D eigenvalue weighted by Gasteiger charge is 2.35. The van der Waals surface area contributed by atoms with Gasteiger partial charge in [0.15, 0.2) is 6.10 Å². The van der Waals surface area contributed by atoms with E-state index in [1.54, 1.807) is 30.0 Å². The minimum Gasteiger partial charge on any atom is -0.449 e. The Morgan fingerprint density at radius 2 is 2.07 bits per heavy atom. The largest absolute Gasteiger partial charge is 0.449 e. The van der Waals surface area contributed by atoms with Crippen LogP contribution in [0.4, 0.5) is 5.69 Å². The average molecular weight is 401 g/mol. The number of amides is 2. The van der Waals surface area contributed by atoms with Gasteiger partial charge in [0.1, 0.15) is 5.54 Å². The molecule has 1 aliphatic heterocycles. The van der Waals surface area contributed by atoms with E-state index in [1.165, 1.54) is 6.92 Å². The topological polar surface area (TPSA) is 108 Å². The molecular weight excluding hydrogens is 378 g/mol. The van der Waals surface area contributed by atoms with Crippen LogP contribution in [-0.2, 0) is 14.3 Å². The number of benzene rings is 1. The van der Waals surface area contributed by atoms with E-state index in [0.717, 1.165) is 24.2 Å². The van der Waals surface area contributed by atoms with Crippen LogP contribution >= 0.6 is 11.8 Å².